The third kappa shape index (κ3) is 12.4. The summed E-state index contributed by atoms with van der Waals surface area (Å²) in [5, 5.41) is 44.4. The summed E-state index contributed by atoms with van der Waals surface area (Å²) in [6, 6.07) is 15.5. The second kappa shape index (κ2) is 21.0. The molecular weight excluding hydrogens is 739 g/mol. The van der Waals surface area contributed by atoms with Gasteiger partial charge in [0.15, 0.2) is 0 Å². The molecule has 2 aliphatic heterocycles. The number of nitrogens with one attached hydrogen (secondary N) is 2. The zero-order valence-corrected chi connectivity index (χ0v) is 28.3. The highest BCUT2D eigenvalue weighted by atomic mass is 79.9. The predicted octanol–water partition coefficient (Wildman–Crippen LogP) is 6.30. The highest BCUT2D eigenvalue weighted by molar-refractivity contribution is 9.10. The van der Waals surface area contributed by atoms with Gasteiger partial charge in [0.25, 0.3) is 11.4 Å². The molecule has 2 aromatic carbocycles. The van der Waals surface area contributed by atoms with Crippen molar-refractivity contribution in [3.63, 3.8) is 0 Å². The third-order valence-corrected chi connectivity index (χ3v) is 8.09. The number of anilines is 2. The van der Waals surface area contributed by atoms with E-state index in [1.165, 1.54) is 24.4 Å². The van der Waals surface area contributed by atoms with Crippen LogP contribution in [0.1, 0.15) is 40.5 Å². The molecule has 0 saturated carbocycles. The third-order valence-electron chi connectivity index (χ3n) is 7.60. The number of carbonyl (C=O) groups excluding carboxylic acids is 2. The average molecular weight is 781 g/mol. The summed E-state index contributed by atoms with van der Waals surface area (Å²) in [4.78, 5) is 56.2. The van der Waals surface area contributed by atoms with Crippen LogP contribution in [0.15, 0.2) is 89.9 Å². The minimum Gasteiger partial charge on any atom is -0.423 e. The van der Waals surface area contributed by atoms with E-state index in [-0.39, 0.29) is 49.7 Å². The number of hydrogen-bond acceptors (Lipinski definition) is 10. The van der Waals surface area contributed by atoms with E-state index < -0.39 is 17.0 Å². The van der Waals surface area contributed by atoms with Crippen LogP contribution in [0, 0.1) is 20.2 Å². The van der Waals surface area contributed by atoms with Crippen LogP contribution in [0.3, 0.4) is 0 Å². The topological polar surface area (TPSA) is 217 Å². The van der Waals surface area contributed by atoms with Crippen molar-refractivity contribution in [1.29, 1.82) is 0 Å². The van der Waals surface area contributed by atoms with Crippen LogP contribution < -0.4 is 16.1 Å². The van der Waals surface area contributed by atoms with Crippen LogP contribution >= 0.6 is 15.9 Å². The van der Waals surface area contributed by atoms with Crippen LogP contribution in [0.2, 0.25) is 0 Å². The number of rotatable bonds is 6. The zero-order chi connectivity index (χ0) is 36.0. The van der Waals surface area contributed by atoms with Crippen molar-refractivity contribution in [2.45, 2.75) is 40.5 Å². The Kier molecular flexibility index (Phi) is 17.3. The smallest absolute Gasteiger partial charge is 0.423 e. The summed E-state index contributed by atoms with van der Waals surface area (Å²) in [6.07, 6.45) is 10.2. The lowest BCUT2D eigenvalue weighted by Gasteiger charge is -2.16. The Labute approximate surface area is 310 Å². The predicted molar refractivity (Wildman–Crippen MR) is 204 cm³/mol. The van der Waals surface area contributed by atoms with Gasteiger partial charge in [-0.1, -0.05) is 42.9 Å². The van der Waals surface area contributed by atoms with E-state index in [0.717, 1.165) is 36.8 Å². The van der Waals surface area contributed by atoms with Crippen molar-refractivity contribution >= 4 is 63.3 Å². The molecule has 0 aliphatic carbocycles. The monoisotopic (exact) mass is 780 g/mol. The number of benzene rings is 2. The number of carbonyl (C=O) groups is 2. The van der Waals surface area contributed by atoms with Gasteiger partial charge in [-0.2, -0.15) is 0 Å². The van der Waals surface area contributed by atoms with E-state index in [1.807, 2.05) is 6.07 Å². The van der Waals surface area contributed by atoms with E-state index in [1.54, 1.807) is 64.8 Å². The summed E-state index contributed by atoms with van der Waals surface area (Å²) in [6.45, 7) is 2.77. The maximum Gasteiger partial charge on any atom is 0.490 e. The molecule has 4 amide bonds. The van der Waals surface area contributed by atoms with Crippen molar-refractivity contribution in [3.8, 4) is 11.1 Å². The maximum absolute atomic E-state index is 12.2. The van der Waals surface area contributed by atoms with Crippen LogP contribution in [0.5, 0.6) is 0 Å². The lowest BCUT2D eigenvalue weighted by molar-refractivity contribution is -0.384. The highest BCUT2D eigenvalue weighted by Crippen LogP contribution is 2.31. The molecule has 2 aliphatic rings. The Morgan fingerprint density at radius 1 is 0.712 bits per heavy atom. The second-order valence-electron chi connectivity index (χ2n) is 11.1. The molecule has 0 unspecified atom stereocenters. The average Bonchev–Trinajstić information content (AvgIpc) is 3.86. The van der Waals surface area contributed by atoms with Gasteiger partial charge in [0.1, 0.15) is 11.4 Å². The van der Waals surface area contributed by atoms with E-state index in [9.17, 15) is 29.8 Å². The molecule has 2 aromatic heterocycles. The number of nitro groups is 2. The van der Waals surface area contributed by atoms with Crippen molar-refractivity contribution in [3.05, 3.63) is 110 Å². The largest absolute Gasteiger partial charge is 0.490 e. The molecule has 4 N–H and O–H groups in total. The van der Waals surface area contributed by atoms with Crippen LogP contribution in [0.4, 0.5) is 32.3 Å². The van der Waals surface area contributed by atoms with Gasteiger partial charge in [0, 0.05) is 78.6 Å². The van der Waals surface area contributed by atoms with Gasteiger partial charge in [-0.15, -0.1) is 0 Å². The molecule has 276 valence electrons. The standard InChI is InChI=1S/C16H16N4O3.C11H12BrN3O3.C5H6BNO2.2CH4/c21-16(19-8-1-2-9-19)18-14-10-12(5-6-15(14)20(22)23)13-4-3-7-17-11-13;12-8-3-4-10(15(17)18)9(7-8)13-11(16)14-5-1-2-6-14;8-6(9)5-2-1-3-7-4-5;;/h3-7,10-11H,1-2,8-9H2,(H,18,21);3-4,7H,1-2,5-6H2,(H,13,16);1-4,8-9H;2*1H4. The molecule has 2 saturated heterocycles. The number of halogens is 1. The van der Waals surface area contributed by atoms with Crippen LogP contribution in [-0.2, 0) is 0 Å². The molecule has 6 rings (SSSR count). The number of likely N-dealkylation sites (tertiary alicyclic amines) is 2. The van der Waals surface area contributed by atoms with Gasteiger partial charge in [0.05, 0.1) is 9.85 Å². The fraction of sp³-hybridized carbons (Fsp3) is 0.294. The molecule has 0 bridgehead atoms. The second-order valence-corrected chi connectivity index (χ2v) is 12.0. The first-order valence-corrected chi connectivity index (χ1v) is 16.3. The minimum absolute atomic E-state index is 0. The van der Waals surface area contributed by atoms with Crippen molar-refractivity contribution < 1.29 is 29.5 Å². The Bertz CT molecular complexity index is 1780. The number of nitrogens with zero attached hydrogens (tertiary/aromatic N) is 6. The molecule has 4 aromatic rings. The quantitative estimate of drug-likeness (QED) is 0.0972. The molecule has 16 nitrogen and oxygen atoms in total. The van der Waals surface area contributed by atoms with Gasteiger partial charge in [-0.3, -0.25) is 30.2 Å². The summed E-state index contributed by atoms with van der Waals surface area (Å²) in [5.41, 5.74) is 2.20. The molecule has 0 spiro atoms. The van der Waals surface area contributed by atoms with Crippen molar-refractivity contribution in [2.75, 3.05) is 36.8 Å². The fourth-order valence-corrected chi connectivity index (χ4v) is 5.39. The van der Waals surface area contributed by atoms with Crippen LogP contribution in [-0.4, -0.2) is 85.0 Å². The molecule has 0 radical (unpaired) electrons. The lowest BCUT2D eigenvalue weighted by Crippen LogP contribution is -2.32. The van der Waals surface area contributed by atoms with Gasteiger partial charge in [-0.25, -0.2) is 9.59 Å². The number of aromatic nitrogens is 2. The molecule has 52 heavy (non-hydrogen) atoms. The molecule has 2 fully saturated rings. The molecular formula is C34H42BBrN8O8. The first kappa shape index (κ1) is 42.7. The first-order chi connectivity index (χ1) is 24.0. The molecule has 0 atom stereocenters. The van der Waals surface area contributed by atoms with Gasteiger partial charge < -0.3 is 30.5 Å². The summed E-state index contributed by atoms with van der Waals surface area (Å²) < 4.78 is 0.685. The zero-order valence-electron chi connectivity index (χ0n) is 26.7. The summed E-state index contributed by atoms with van der Waals surface area (Å²) in [5.74, 6) is 0. The van der Waals surface area contributed by atoms with E-state index >= 15 is 0 Å². The fourth-order valence-electron chi connectivity index (χ4n) is 5.03. The Hall–Kier alpha value is -5.46. The maximum atomic E-state index is 12.2. The Morgan fingerprint density at radius 3 is 1.62 bits per heavy atom. The van der Waals surface area contributed by atoms with E-state index in [0.29, 0.717) is 36.1 Å². The number of nitro benzene ring substituents is 2. The van der Waals surface area contributed by atoms with Gasteiger partial charge in [-0.05, 0) is 67.6 Å². The van der Waals surface area contributed by atoms with E-state index in [2.05, 4.69) is 36.5 Å². The summed E-state index contributed by atoms with van der Waals surface area (Å²) in [7, 11) is -1.40. The lowest BCUT2D eigenvalue weighted by atomic mass is 9.82. The minimum atomic E-state index is -1.40. The summed E-state index contributed by atoms with van der Waals surface area (Å²) >= 11 is 3.23. The normalized spacial score (nSPS) is 12.8. The molecule has 18 heteroatoms. The number of hydrogen-bond donors (Lipinski definition) is 4. The van der Waals surface area contributed by atoms with E-state index in [4.69, 9.17) is 10.0 Å². The highest BCUT2D eigenvalue weighted by Gasteiger charge is 2.23. The van der Waals surface area contributed by atoms with Crippen molar-refractivity contribution in [1.82, 2.24) is 19.8 Å². The SMILES string of the molecule is C.C.O=C(Nc1cc(-c2cccnc2)ccc1[N+](=O)[O-])N1CCCC1.O=C(Nc1cc(Br)ccc1[N+](=O)[O-])N1CCCC1.OB(O)c1cccnc1. The Balaban J connectivity index is 0.000000288. The van der Waals surface area contributed by atoms with Gasteiger partial charge in [0.2, 0.25) is 0 Å². The number of pyridine rings is 2. The van der Waals surface area contributed by atoms with Crippen LogP contribution in [0.25, 0.3) is 11.1 Å². The first-order valence-electron chi connectivity index (χ1n) is 15.5. The number of urea groups is 2. The molecule has 4 heterocycles. The Morgan fingerprint density at radius 2 is 1.19 bits per heavy atom. The van der Waals surface area contributed by atoms with Crippen molar-refractivity contribution in [2.24, 2.45) is 0 Å². The van der Waals surface area contributed by atoms with Gasteiger partial charge >= 0.3 is 19.2 Å². The number of amides is 4.